The smallest absolute Gasteiger partial charge is 0.256 e. The van der Waals surface area contributed by atoms with Gasteiger partial charge in [0.2, 0.25) is 0 Å². The summed E-state index contributed by atoms with van der Waals surface area (Å²) in [5.74, 6) is 4.42. The minimum atomic E-state index is 0.00879. The van der Waals surface area contributed by atoms with Crippen molar-refractivity contribution < 1.29 is 9.47 Å². The number of hydrogen-bond donors (Lipinski definition) is 0. The van der Waals surface area contributed by atoms with Crippen molar-refractivity contribution in [2.24, 2.45) is 0 Å². The molecule has 6 heterocycles. The van der Waals surface area contributed by atoms with Crippen molar-refractivity contribution in [3.63, 3.8) is 0 Å². The van der Waals surface area contributed by atoms with Gasteiger partial charge in [0.05, 0.1) is 22.1 Å². The van der Waals surface area contributed by atoms with E-state index in [0.717, 1.165) is 28.6 Å². The molecule has 0 fully saturated rings. The van der Waals surface area contributed by atoms with Crippen LogP contribution >= 0.6 is 0 Å². The first kappa shape index (κ1) is 30.2. The van der Waals surface area contributed by atoms with Crippen LogP contribution in [0.1, 0.15) is 56.2 Å². The van der Waals surface area contributed by atoms with Gasteiger partial charge in [-0.25, -0.2) is 0 Å². The molecule has 4 aliphatic rings. The molecule has 6 heteroatoms. The summed E-state index contributed by atoms with van der Waals surface area (Å²) in [6.07, 6.45) is 0. The third kappa shape index (κ3) is 3.49. The average Bonchev–Trinajstić information content (AvgIpc) is 3.74. The Hall–Kier alpha value is -6.13. The second kappa shape index (κ2) is 10.1. The number of nitrogens with zero attached hydrogens (tertiary/aromatic N) is 2. The molecule has 0 atom stereocenters. The number of aromatic nitrogens is 2. The zero-order valence-electron chi connectivity index (χ0n) is 31.5. The first-order valence-corrected chi connectivity index (χ1v) is 19.8. The standard InChI is InChI=1S/C49H36B2N2O2/c1-25(2)30-22-40-44-46-42(30)28-14-6-10-18-36(28)52(46)38-20-12-8-16-32(38)50(44)34-24-35-49(27(5)48(34)54-40)55-41-23-31(26(3)4)43-29-15-7-11-19-37(29)53-39-21-13-9-17-33(39)51(35)45(41)47(43)53/h6-26H,1-5H3. The van der Waals surface area contributed by atoms with Crippen molar-refractivity contribution in [2.45, 2.75) is 46.5 Å². The largest absolute Gasteiger partial charge is 0.458 e. The molecular formula is C49H36B2N2O2. The quantitative estimate of drug-likeness (QED) is 0.169. The fraction of sp³-hybridized carbons (Fsp3) is 0.143. The number of rotatable bonds is 2. The molecule has 55 heavy (non-hydrogen) atoms. The molecule has 0 saturated heterocycles. The molecule has 260 valence electrons. The molecule has 0 saturated carbocycles. The van der Waals surface area contributed by atoms with Gasteiger partial charge >= 0.3 is 0 Å². The molecule has 0 unspecified atom stereocenters. The Morgan fingerprint density at radius 2 is 0.909 bits per heavy atom. The van der Waals surface area contributed by atoms with E-state index >= 15 is 0 Å². The molecule has 4 aliphatic heterocycles. The highest BCUT2D eigenvalue weighted by Gasteiger charge is 2.47. The van der Waals surface area contributed by atoms with E-state index in [1.807, 2.05) is 0 Å². The van der Waals surface area contributed by atoms with Crippen LogP contribution in [0.25, 0.3) is 55.0 Å². The molecule has 2 aromatic heterocycles. The Morgan fingerprint density at radius 1 is 0.491 bits per heavy atom. The summed E-state index contributed by atoms with van der Waals surface area (Å²) in [7, 11) is 0. The minimum absolute atomic E-state index is 0.00879. The molecule has 0 radical (unpaired) electrons. The van der Waals surface area contributed by atoms with Crippen molar-refractivity contribution >= 4 is 89.8 Å². The lowest BCUT2D eigenvalue weighted by molar-refractivity contribution is 0.458. The predicted molar refractivity (Wildman–Crippen MR) is 230 cm³/mol. The van der Waals surface area contributed by atoms with Gasteiger partial charge < -0.3 is 18.6 Å². The molecular weight excluding hydrogens is 670 g/mol. The van der Waals surface area contributed by atoms with Crippen LogP contribution in [-0.2, 0) is 0 Å². The molecule has 0 bridgehead atoms. The monoisotopic (exact) mass is 706 g/mol. The number of para-hydroxylation sites is 4. The maximum absolute atomic E-state index is 7.26. The van der Waals surface area contributed by atoms with Gasteiger partial charge in [0.25, 0.3) is 13.4 Å². The molecule has 0 spiro atoms. The van der Waals surface area contributed by atoms with Gasteiger partial charge in [-0.3, -0.25) is 0 Å². The fourth-order valence-electron chi connectivity index (χ4n) is 11.1. The minimum Gasteiger partial charge on any atom is -0.458 e. The Balaban J connectivity index is 1.15. The first-order chi connectivity index (χ1) is 26.9. The Kier molecular flexibility index (Phi) is 5.57. The van der Waals surface area contributed by atoms with Crippen molar-refractivity contribution in [1.29, 1.82) is 0 Å². The summed E-state index contributed by atoms with van der Waals surface area (Å²) < 4.78 is 19.5. The van der Waals surface area contributed by atoms with Crippen LogP contribution in [-0.4, -0.2) is 22.6 Å². The van der Waals surface area contributed by atoms with Crippen LogP contribution in [0, 0.1) is 6.92 Å². The van der Waals surface area contributed by atoms with Gasteiger partial charge in [-0.1, -0.05) is 107 Å². The van der Waals surface area contributed by atoms with Gasteiger partial charge in [-0.2, -0.15) is 0 Å². The third-order valence-electron chi connectivity index (χ3n) is 13.3. The molecule has 0 N–H and O–H groups in total. The van der Waals surface area contributed by atoms with Crippen LogP contribution in [0.4, 0.5) is 0 Å². The van der Waals surface area contributed by atoms with E-state index < -0.39 is 0 Å². The lowest BCUT2D eigenvalue weighted by atomic mass is 9.31. The van der Waals surface area contributed by atoms with E-state index in [1.165, 1.54) is 98.9 Å². The second-order valence-corrected chi connectivity index (χ2v) is 16.7. The highest BCUT2D eigenvalue weighted by atomic mass is 16.5. The van der Waals surface area contributed by atoms with Crippen molar-refractivity contribution in [3.8, 4) is 34.4 Å². The van der Waals surface area contributed by atoms with E-state index in [2.05, 4.69) is 159 Å². The van der Waals surface area contributed by atoms with Crippen LogP contribution in [0.3, 0.4) is 0 Å². The lowest BCUT2D eigenvalue weighted by Crippen LogP contribution is -2.62. The summed E-state index contributed by atoms with van der Waals surface area (Å²) in [6.45, 7) is 11.4. The van der Waals surface area contributed by atoms with Gasteiger partial charge in [-0.15, -0.1) is 0 Å². The lowest BCUT2D eigenvalue weighted by Gasteiger charge is -2.38. The maximum atomic E-state index is 7.26. The van der Waals surface area contributed by atoms with Gasteiger partial charge in [0.1, 0.15) is 23.0 Å². The summed E-state index contributed by atoms with van der Waals surface area (Å²) in [5.41, 5.74) is 18.9. The summed E-state index contributed by atoms with van der Waals surface area (Å²) >= 11 is 0. The van der Waals surface area contributed by atoms with Crippen LogP contribution in [0.5, 0.6) is 23.0 Å². The molecule has 9 aromatic rings. The molecule has 0 amide bonds. The SMILES string of the molecule is Cc1c2c(cc3c1Oc1cc(C(C)C)c4c5ccccc5n5c4c1B3c1ccccc1-5)B1c3ccccc3-n3c4ccccc4c4c(C(C)C)cc(c1c43)O2. The van der Waals surface area contributed by atoms with E-state index in [-0.39, 0.29) is 13.4 Å². The van der Waals surface area contributed by atoms with Gasteiger partial charge in [0, 0.05) is 38.5 Å². The van der Waals surface area contributed by atoms with E-state index in [0.29, 0.717) is 11.8 Å². The zero-order chi connectivity index (χ0) is 36.6. The topological polar surface area (TPSA) is 28.3 Å². The first-order valence-electron chi connectivity index (χ1n) is 19.8. The van der Waals surface area contributed by atoms with Crippen molar-refractivity contribution in [2.75, 3.05) is 0 Å². The zero-order valence-corrected chi connectivity index (χ0v) is 31.5. The maximum Gasteiger partial charge on any atom is 0.256 e. The van der Waals surface area contributed by atoms with Gasteiger partial charge in [0.15, 0.2) is 0 Å². The van der Waals surface area contributed by atoms with Crippen LogP contribution in [0.2, 0.25) is 0 Å². The van der Waals surface area contributed by atoms with Crippen LogP contribution < -0.4 is 42.3 Å². The van der Waals surface area contributed by atoms with E-state index in [9.17, 15) is 0 Å². The van der Waals surface area contributed by atoms with E-state index in [1.54, 1.807) is 0 Å². The molecule has 13 rings (SSSR count). The normalized spacial score (nSPS) is 14.1. The Morgan fingerprint density at radius 3 is 1.36 bits per heavy atom. The van der Waals surface area contributed by atoms with Crippen LogP contribution in [0.15, 0.2) is 115 Å². The third-order valence-corrected chi connectivity index (χ3v) is 13.3. The molecule has 7 aromatic carbocycles. The summed E-state index contributed by atoms with van der Waals surface area (Å²) in [4.78, 5) is 0. The highest BCUT2D eigenvalue weighted by Crippen LogP contribution is 2.46. The Bertz CT molecular complexity index is 3040. The number of fused-ring (bicyclic) bond motifs is 16. The number of ether oxygens (including phenoxy) is 2. The molecule has 0 aliphatic carbocycles. The van der Waals surface area contributed by atoms with E-state index in [4.69, 9.17) is 9.47 Å². The predicted octanol–water partition coefficient (Wildman–Crippen LogP) is 8.31. The van der Waals surface area contributed by atoms with Crippen molar-refractivity contribution in [1.82, 2.24) is 9.13 Å². The highest BCUT2D eigenvalue weighted by molar-refractivity contribution is 7.02. The van der Waals surface area contributed by atoms with Crippen molar-refractivity contribution in [3.05, 3.63) is 132 Å². The second-order valence-electron chi connectivity index (χ2n) is 16.7. The molecule has 4 nitrogen and oxygen atoms in total. The number of hydrogen-bond acceptors (Lipinski definition) is 2. The Labute approximate surface area is 320 Å². The van der Waals surface area contributed by atoms with Gasteiger partial charge in [-0.05, 0) is 99.1 Å². The fourth-order valence-corrected chi connectivity index (χ4v) is 11.1. The number of benzene rings is 7. The average molecular weight is 706 g/mol. The summed E-state index contributed by atoms with van der Waals surface area (Å²) in [6, 6.07) is 43.1. The summed E-state index contributed by atoms with van der Waals surface area (Å²) in [5, 5.41) is 5.30.